The first-order chi connectivity index (χ1) is 13.2. The van der Waals surface area contributed by atoms with E-state index in [9.17, 15) is 14.4 Å². The maximum Gasteiger partial charge on any atom is 0.189 e. The highest BCUT2D eigenvalue weighted by Crippen LogP contribution is 2.22. The first-order valence-electron chi connectivity index (χ1n) is 8.82. The van der Waals surface area contributed by atoms with Gasteiger partial charge in [0.15, 0.2) is 24.0 Å². The Morgan fingerprint density at radius 2 is 2.18 bits per heavy atom. The number of hydrogen-bond donors (Lipinski definition) is 0. The Hall–Kier alpha value is -1.62. The number of halogens is 2. The van der Waals surface area contributed by atoms with E-state index in [4.69, 9.17) is 14.2 Å². The number of nitrogens with zero attached hydrogens (tertiary/aromatic N) is 1. The first-order valence-corrected chi connectivity index (χ1v) is 9.90. The summed E-state index contributed by atoms with van der Waals surface area (Å²) in [5.74, 6) is -1.30. The third-order valence-corrected chi connectivity index (χ3v) is 4.99. The molecule has 0 spiro atoms. The van der Waals surface area contributed by atoms with E-state index in [1.165, 1.54) is 24.5 Å². The highest BCUT2D eigenvalue weighted by atomic mass is 127. The summed E-state index contributed by atoms with van der Waals surface area (Å²) in [4.78, 5) is 12.6. The van der Waals surface area contributed by atoms with Crippen molar-refractivity contribution in [1.82, 2.24) is 0 Å². The summed E-state index contributed by atoms with van der Waals surface area (Å²) in [5, 5.41) is 11.7. The van der Waals surface area contributed by atoms with Crippen molar-refractivity contribution in [2.75, 3.05) is 19.8 Å². The largest absolute Gasteiger partial charge is 0.619 e. The maximum atomic E-state index is 14.2. The van der Waals surface area contributed by atoms with E-state index >= 15 is 0 Å². The molecule has 1 saturated heterocycles. The zero-order valence-electron chi connectivity index (χ0n) is 15.6. The van der Waals surface area contributed by atoms with Crippen LogP contribution in [-0.4, -0.2) is 37.5 Å². The predicted octanol–water partition coefficient (Wildman–Crippen LogP) is 3.01. The van der Waals surface area contributed by atoms with E-state index in [1.807, 2.05) is 36.4 Å². The van der Waals surface area contributed by atoms with Crippen LogP contribution in [0.3, 0.4) is 0 Å². The third-order valence-electron chi connectivity index (χ3n) is 4.32. The molecule has 8 heteroatoms. The molecule has 1 aliphatic heterocycles. The lowest BCUT2D eigenvalue weighted by Crippen LogP contribution is -2.28. The summed E-state index contributed by atoms with van der Waals surface area (Å²) < 4.78 is 32.1. The average Bonchev–Trinajstić information content (AvgIpc) is 2.96. The highest BCUT2D eigenvalue weighted by Gasteiger charge is 2.32. The van der Waals surface area contributed by atoms with Crippen LogP contribution in [0.5, 0.6) is 0 Å². The van der Waals surface area contributed by atoms with E-state index in [2.05, 4.69) is 0 Å². The summed E-state index contributed by atoms with van der Waals surface area (Å²) >= 11 is 2.02. The molecule has 2 aromatic rings. The Bertz CT molecular complexity index is 874. The van der Waals surface area contributed by atoms with Gasteiger partial charge in [0.05, 0.1) is 13.2 Å². The first kappa shape index (κ1) is 21.1. The van der Waals surface area contributed by atoms with Crippen LogP contribution >= 0.6 is 22.6 Å². The van der Waals surface area contributed by atoms with Crippen molar-refractivity contribution in [3.63, 3.8) is 0 Å². The minimum Gasteiger partial charge on any atom is -0.619 e. The number of benzene rings is 1. The van der Waals surface area contributed by atoms with Gasteiger partial charge in [0, 0.05) is 27.2 Å². The van der Waals surface area contributed by atoms with Gasteiger partial charge in [0.2, 0.25) is 0 Å². The monoisotopic (exact) mass is 501 g/mol. The molecule has 2 heterocycles. The van der Waals surface area contributed by atoms with E-state index in [0.29, 0.717) is 28.0 Å². The molecule has 28 heavy (non-hydrogen) atoms. The molecule has 0 aliphatic carbocycles. The Morgan fingerprint density at radius 1 is 1.39 bits per heavy atom. The Labute approximate surface area is 176 Å². The second-order valence-corrected chi connectivity index (χ2v) is 8.29. The molecule has 0 bridgehead atoms. The van der Waals surface area contributed by atoms with Gasteiger partial charge in [-0.2, -0.15) is 4.73 Å². The van der Waals surface area contributed by atoms with Crippen molar-refractivity contribution in [2.45, 2.75) is 32.2 Å². The van der Waals surface area contributed by atoms with Crippen LogP contribution in [0, 0.1) is 14.6 Å². The number of aromatic nitrogens is 1. The molecular weight excluding hydrogens is 480 g/mol. The quantitative estimate of drug-likeness (QED) is 0.253. The van der Waals surface area contributed by atoms with Crippen molar-refractivity contribution in [1.29, 1.82) is 0 Å². The van der Waals surface area contributed by atoms with Crippen LogP contribution in [0.25, 0.3) is 0 Å². The molecule has 6 nitrogen and oxygen atoms in total. The predicted molar refractivity (Wildman–Crippen MR) is 107 cm³/mol. The van der Waals surface area contributed by atoms with E-state index in [0.717, 1.165) is 3.57 Å². The number of carbonyl (C=O) groups excluding carboxylic acids is 1. The van der Waals surface area contributed by atoms with Crippen molar-refractivity contribution in [2.24, 2.45) is 0 Å². The van der Waals surface area contributed by atoms with Crippen LogP contribution in [-0.2, 0) is 20.6 Å². The smallest absolute Gasteiger partial charge is 0.189 e. The molecule has 0 saturated carbocycles. The summed E-state index contributed by atoms with van der Waals surface area (Å²) in [7, 11) is 0. The van der Waals surface area contributed by atoms with Gasteiger partial charge in [-0.3, -0.25) is 4.79 Å². The fraction of sp³-hybridized carbons (Fsp3) is 0.400. The lowest BCUT2D eigenvalue weighted by atomic mass is 9.99. The summed E-state index contributed by atoms with van der Waals surface area (Å²) in [6, 6.07) is 6.29. The molecule has 1 aromatic carbocycles. The van der Waals surface area contributed by atoms with Crippen LogP contribution in [0.1, 0.15) is 35.3 Å². The number of carbonyl (C=O) groups is 1. The number of ether oxygens (including phenoxy) is 3. The van der Waals surface area contributed by atoms with Crippen LogP contribution < -0.4 is 4.73 Å². The molecule has 3 rings (SSSR count). The van der Waals surface area contributed by atoms with Gasteiger partial charge >= 0.3 is 0 Å². The zero-order valence-corrected chi connectivity index (χ0v) is 17.8. The summed E-state index contributed by atoms with van der Waals surface area (Å²) in [5.41, 5.74) is 1.21. The van der Waals surface area contributed by atoms with E-state index < -0.39 is 5.79 Å². The molecule has 1 aromatic heterocycles. The lowest BCUT2D eigenvalue weighted by molar-refractivity contribution is -0.605. The molecule has 150 valence electrons. The van der Waals surface area contributed by atoms with E-state index in [-0.39, 0.29) is 37.3 Å². The highest BCUT2D eigenvalue weighted by molar-refractivity contribution is 14.1. The molecule has 0 N–H and O–H groups in total. The van der Waals surface area contributed by atoms with Gasteiger partial charge in [0.1, 0.15) is 18.5 Å². The third kappa shape index (κ3) is 5.47. The number of Topliss-reactive ketones (excluding diaryl/α,β-unsaturated/α-hetero) is 1. The van der Waals surface area contributed by atoms with Gasteiger partial charge < -0.3 is 19.4 Å². The average molecular weight is 501 g/mol. The fourth-order valence-electron chi connectivity index (χ4n) is 3.01. The van der Waals surface area contributed by atoms with Crippen LogP contribution in [0.2, 0.25) is 0 Å². The second kappa shape index (κ2) is 8.81. The second-order valence-electron chi connectivity index (χ2n) is 7.05. The SMILES string of the molecule is CC1(C)OC[C@H](COCC(=O)c2cc[n+]([O-])cc2Cc2ccc(I)cc2F)O1. The molecule has 0 unspecified atom stereocenters. The Kier molecular flexibility index (Phi) is 6.64. The van der Waals surface area contributed by atoms with Crippen molar-refractivity contribution in [3.05, 3.63) is 67.9 Å². The standard InChI is InChI=1S/C20H21FINO5/c1-20(2)27-11-16(28-20)10-26-12-19(24)17-5-6-23(25)9-14(17)7-13-3-4-15(22)8-18(13)21/h3-6,8-9,16H,7,10-12H2,1-2H3/t16-/m0/s1. The topological polar surface area (TPSA) is 71.7 Å². The Balaban J connectivity index is 1.66. The van der Waals surface area contributed by atoms with Gasteiger partial charge in [0.25, 0.3) is 0 Å². The van der Waals surface area contributed by atoms with Gasteiger partial charge in [-0.25, -0.2) is 4.39 Å². The van der Waals surface area contributed by atoms with E-state index in [1.54, 1.807) is 12.1 Å². The Morgan fingerprint density at radius 3 is 2.86 bits per heavy atom. The van der Waals surface area contributed by atoms with Gasteiger partial charge in [-0.05, 0) is 54.1 Å². The number of pyridine rings is 1. The molecule has 0 radical (unpaired) electrons. The minimum absolute atomic E-state index is 0.140. The number of hydrogen-bond acceptors (Lipinski definition) is 5. The lowest BCUT2D eigenvalue weighted by Gasteiger charge is -2.17. The van der Waals surface area contributed by atoms with Crippen LogP contribution in [0.4, 0.5) is 4.39 Å². The number of ketones is 1. The molecule has 1 fully saturated rings. The summed E-state index contributed by atoms with van der Waals surface area (Å²) in [6.45, 7) is 4.10. The fourth-order valence-corrected chi connectivity index (χ4v) is 3.46. The molecule has 1 atom stereocenters. The molecular formula is C20H21FINO5. The van der Waals surface area contributed by atoms with Gasteiger partial charge in [-0.15, -0.1) is 0 Å². The normalized spacial score (nSPS) is 18.4. The molecule has 1 aliphatic rings. The summed E-state index contributed by atoms with van der Waals surface area (Å²) in [6.07, 6.45) is 2.45. The van der Waals surface area contributed by atoms with Crippen molar-refractivity contribution < 1.29 is 28.1 Å². The maximum absolute atomic E-state index is 14.2. The van der Waals surface area contributed by atoms with Gasteiger partial charge in [-0.1, -0.05) is 6.07 Å². The minimum atomic E-state index is -0.649. The zero-order chi connectivity index (χ0) is 20.3. The number of rotatable bonds is 7. The van der Waals surface area contributed by atoms with Crippen molar-refractivity contribution in [3.8, 4) is 0 Å². The molecule has 0 amide bonds. The van der Waals surface area contributed by atoms with Crippen LogP contribution in [0.15, 0.2) is 36.7 Å². The van der Waals surface area contributed by atoms with Crippen molar-refractivity contribution >= 4 is 28.4 Å².